The summed E-state index contributed by atoms with van der Waals surface area (Å²) in [6, 6.07) is 22.0. The van der Waals surface area contributed by atoms with Gasteiger partial charge in [0.25, 0.3) is 0 Å². The first-order valence-corrected chi connectivity index (χ1v) is 13.3. The Morgan fingerprint density at radius 1 is 0.655 bits per heavy atom. The summed E-state index contributed by atoms with van der Waals surface area (Å²) < 4.78 is 3.61. The molecule has 2 atom stereocenters. The molecule has 0 heterocycles. The molecule has 0 amide bonds. The summed E-state index contributed by atoms with van der Waals surface area (Å²) in [5.74, 6) is 1.19. The Balaban J connectivity index is 1.46. The molecule has 2 aromatic rings. The van der Waals surface area contributed by atoms with Crippen molar-refractivity contribution in [2.24, 2.45) is 0 Å². The van der Waals surface area contributed by atoms with E-state index in [-0.39, 0.29) is 0 Å². The SMILES string of the molecule is CC(CC1=[C]([Zr][C]2=C(CC(C)c3ccccc3)C=CC2)CC=C1)c1ccccc1. The normalized spacial score (nSPS) is 17.9. The number of benzene rings is 2. The van der Waals surface area contributed by atoms with E-state index in [0.717, 1.165) is 0 Å². The maximum atomic E-state index is 2.42. The molecule has 2 aromatic carbocycles. The van der Waals surface area contributed by atoms with Gasteiger partial charge in [-0.3, -0.25) is 0 Å². The quantitative estimate of drug-likeness (QED) is 0.378. The standard InChI is InChI=1S/2C14H15.Zr/c2*1-12(11-13-7-5-6-8-13)14-9-3-2-4-10-14;/h2*2-5,7,9-10,12H,6,11H2,1H3;. The van der Waals surface area contributed by atoms with Gasteiger partial charge in [-0.15, -0.1) is 0 Å². The second-order valence-corrected chi connectivity index (χ2v) is 12.0. The van der Waals surface area contributed by atoms with Gasteiger partial charge in [0.2, 0.25) is 0 Å². The third kappa shape index (κ3) is 5.26. The van der Waals surface area contributed by atoms with Gasteiger partial charge in [0.15, 0.2) is 0 Å². The van der Waals surface area contributed by atoms with Crippen LogP contribution < -0.4 is 0 Å². The average Bonchev–Trinajstić information content (AvgIpc) is 3.39. The van der Waals surface area contributed by atoms with Crippen LogP contribution in [0.3, 0.4) is 0 Å². The van der Waals surface area contributed by atoms with Crippen molar-refractivity contribution in [3.8, 4) is 0 Å². The number of allylic oxidation sites excluding steroid dienone is 8. The Morgan fingerprint density at radius 3 is 1.48 bits per heavy atom. The van der Waals surface area contributed by atoms with Crippen LogP contribution in [0.5, 0.6) is 0 Å². The average molecular weight is 458 g/mol. The third-order valence-corrected chi connectivity index (χ3v) is 10.2. The molecular weight excluding hydrogens is 428 g/mol. The van der Waals surface area contributed by atoms with Gasteiger partial charge in [0.05, 0.1) is 0 Å². The van der Waals surface area contributed by atoms with E-state index in [1.165, 1.54) is 36.8 Å². The fourth-order valence-corrected chi connectivity index (χ4v) is 8.06. The van der Waals surface area contributed by atoms with Crippen LogP contribution in [0.1, 0.15) is 62.5 Å². The molecule has 0 fully saturated rings. The summed E-state index contributed by atoms with van der Waals surface area (Å²) in [6.07, 6.45) is 14.4. The molecule has 0 aromatic heterocycles. The molecule has 0 saturated heterocycles. The number of rotatable bonds is 8. The van der Waals surface area contributed by atoms with E-state index in [0.29, 0.717) is 11.8 Å². The Bertz CT molecular complexity index is 865. The summed E-state index contributed by atoms with van der Waals surface area (Å²) in [7, 11) is 0. The molecule has 0 radical (unpaired) electrons. The van der Waals surface area contributed by atoms with Crippen molar-refractivity contribution < 1.29 is 23.2 Å². The summed E-state index contributed by atoms with van der Waals surface area (Å²) in [5.41, 5.74) is 6.21. The van der Waals surface area contributed by atoms with E-state index < -0.39 is 23.2 Å². The molecule has 29 heavy (non-hydrogen) atoms. The molecule has 4 rings (SSSR count). The zero-order valence-corrected chi connectivity index (χ0v) is 20.0. The van der Waals surface area contributed by atoms with Gasteiger partial charge in [0.1, 0.15) is 0 Å². The van der Waals surface area contributed by atoms with Crippen molar-refractivity contribution in [3.05, 3.63) is 114 Å². The Labute approximate surface area is 187 Å². The van der Waals surface area contributed by atoms with Gasteiger partial charge in [-0.2, -0.15) is 0 Å². The van der Waals surface area contributed by atoms with Crippen LogP contribution in [0.25, 0.3) is 0 Å². The molecule has 0 spiro atoms. The molecule has 0 bridgehead atoms. The maximum absolute atomic E-state index is 2.42. The van der Waals surface area contributed by atoms with E-state index in [1.807, 2.05) is 0 Å². The van der Waals surface area contributed by atoms with Gasteiger partial charge in [-0.05, 0) is 0 Å². The first-order valence-electron chi connectivity index (χ1n) is 10.8. The van der Waals surface area contributed by atoms with Gasteiger partial charge >= 0.3 is 188 Å². The molecule has 0 aliphatic heterocycles. The first-order chi connectivity index (χ1) is 14.2. The second kappa shape index (κ2) is 9.86. The van der Waals surface area contributed by atoms with Crippen molar-refractivity contribution >= 4 is 0 Å². The minimum absolute atomic E-state index is 0.594. The van der Waals surface area contributed by atoms with Crippen LogP contribution in [0.2, 0.25) is 0 Å². The minimum atomic E-state index is -0.675. The van der Waals surface area contributed by atoms with Gasteiger partial charge < -0.3 is 0 Å². The monoisotopic (exact) mass is 456 g/mol. The fraction of sp³-hybridized carbons (Fsp3) is 0.286. The van der Waals surface area contributed by atoms with Crippen molar-refractivity contribution in [3.63, 3.8) is 0 Å². The van der Waals surface area contributed by atoms with Crippen LogP contribution in [0, 0.1) is 0 Å². The van der Waals surface area contributed by atoms with E-state index in [4.69, 9.17) is 0 Å². The van der Waals surface area contributed by atoms with E-state index >= 15 is 0 Å². The predicted octanol–water partition coefficient (Wildman–Crippen LogP) is 7.88. The Hall–Kier alpha value is -1.72. The van der Waals surface area contributed by atoms with Gasteiger partial charge in [-0.25, -0.2) is 0 Å². The number of hydrogen-bond donors (Lipinski definition) is 0. The van der Waals surface area contributed by atoms with Crippen LogP contribution in [0.15, 0.2) is 103 Å². The molecular formula is C28H30Zr. The predicted molar refractivity (Wildman–Crippen MR) is 121 cm³/mol. The van der Waals surface area contributed by atoms with Gasteiger partial charge in [0, 0.05) is 0 Å². The van der Waals surface area contributed by atoms with Crippen molar-refractivity contribution in [2.45, 2.75) is 51.4 Å². The van der Waals surface area contributed by atoms with Crippen LogP contribution >= 0.6 is 0 Å². The Morgan fingerprint density at radius 2 is 1.07 bits per heavy atom. The topological polar surface area (TPSA) is 0 Å². The van der Waals surface area contributed by atoms with E-state index in [2.05, 4.69) is 98.8 Å². The van der Waals surface area contributed by atoms with E-state index in [9.17, 15) is 0 Å². The molecule has 2 unspecified atom stereocenters. The van der Waals surface area contributed by atoms with Crippen LogP contribution in [-0.4, -0.2) is 0 Å². The number of hydrogen-bond acceptors (Lipinski definition) is 0. The Kier molecular flexibility index (Phi) is 6.99. The van der Waals surface area contributed by atoms with Gasteiger partial charge in [-0.1, -0.05) is 0 Å². The summed E-state index contributed by atoms with van der Waals surface area (Å²) in [5, 5.41) is 0. The molecule has 0 N–H and O–H groups in total. The van der Waals surface area contributed by atoms with Crippen LogP contribution in [0.4, 0.5) is 0 Å². The van der Waals surface area contributed by atoms with Crippen molar-refractivity contribution in [1.82, 2.24) is 0 Å². The third-order valence-electron chi connectivity index (χ3n) is 6.15. The second-order valence-electron chi connectivity index (χ2n) is 8.38. The summed E-state index contributed by atoms with van der Waals surface area (Å²) in [6.45, 7) is 4.75. The molecule has 2 aliphatic rings. The fourth-order valence-electron chi connectivity index (χ4n) is 4.39. The zero-order chi connectivity index (χ0) is 20.1. The molecule has 2 aliphatic carbocycles. The molecule has 0 nitrogen and oxygen atoms in total. The van der Waals surface area contributed by atoms with Crippen molar-refractivity contribution in [1.29, 1.82) is 0 Å². The van der Waals surface area contributed by atoms with Crippen molar-refractivity contribution in [2.75, 3.05) is 0 Å². The zero-order valence-electron chi connectivity index (χ0n) is 17.6. The summed E-state index contributed by atoms with van der Waals surface area (Å²) >= 11 is -0.675. The van der Waals surface area contributed by atoms with E-state index in [1.54, 1.807) is 17.7 Å². The molecule has 1 heteroatoms. The first kappa shape index (κ1) is 20.6. The van der Waals surface area contributed by atoms with Crippen LogP contribution in [-0.2, 0) is 23.2 Å². The molecule has 146 valence electrons. The summed E-state index contributed by atoms with van der Waals surface area (Å²) in [4.78, 5) is 0. The molecule has 0 saturated carbocycles.